The first-order valence-electron chi connectivity index (χ1n) is 7.30. The van der Waals surface area contributed by atoms with Crippen molar-refractivity contribution < 1.29 is 4.79 Å². The summed E-state index contributed by atoms with van der Waals surface area (Å²) in [5.74, 6) is 4.87. The quantitative estimate of drug-likeness (QED) is 0.462. The first-order valence-corrected chi connectivity index (χ1v) is 8.09. The lowest BCUT2D eigenvalue weighted by molar-refractivity contribution is 0.0953. The number of halogens is 1. The van der Waals surface area contributed by atoms with Gasteiger partial charge in [0.25, 0.3) is 5.91 Å². The van der Waals surface area contributed by atoms with Gasteiger partial charge in [0.2, 0.25) is 0 Å². The molecule has 6 heteroatoms. The maximum absolute atomic E-state index is 11.5. The minimum Gasteiger partial charge on any atom is -0.302 e. The van der Waals surface area contributed by atoms with E-state index in [0.717, 1.165) is 24.1 Å². The maximum Gasteiger partial charge on any atom is 0.265 e. The lowest BCUT2D eigenvalue weighted by Gasteiger charge is -2.22. The second-order valence-corrected chi connectivity index (χ2v) is 6.42. The molecule has 21 heavy (non-hydrogen) atoms. The fraction of sp³-hybridized carbons (Fsp3) is 0.533. The normalized spacial score (nSPS) is 15.6. The highest BCUT2D eigenvalue weighted by molar-refractivity contribution is 9.10. The molecule has 2 rings (SSSR count). The predicted octanol–water partition coefficient (Wildman–Crippen LogP) is 1.58. The molecule has 0 radical (unpaired) electrons. The van der Waals surface area contributed by atoms with Gasteiger partial charge in [0, 0.05) is 29.7 Å². The highest BCUT2D eigenvalue weighted by Crippen LogP contribution is 2.20. The number of nitrogen functional groups attached to an aromatic ring is 1. The molecule has 1 heterocycles. The molecule has 1 aliphatic heterocycles. The Labute approximate surface area is 134 Å². The van der Waals surface area contributed by atoms with E-state index in [1.807, 2.05) is 12.1 Å². The summed E-state index contributed by atoms with van der Waals surface area (Å²) < 4.78 is 0.941. The van der Waals surface area contributed by atoms with Gasteiger partial charge in [-0.2, -0.15) is 0 Å². The van der Waals surface area contributed by atoms with E-state index in [9.17, 15) is 4.79 Å². The number of hydrogen-bond acceptors (Lipinski definition) is 4. The predicted molar refractivity (Wildman–Crippen MR) is 87.8 cm³/mol. The molecule has 0 saturated carbocycles. The molecule has 0 unspecified atom stereocenters. The number of carbonyl (C=O) groups is 1. The molecule has 1 fully saturated rings. The Hall–Kier alpha value is -0.950. The molecule has 1 aromatic carbocycles. The van der Waals surface area contributed by atoms with Gasteiger partial charge in [0.05, 0.1) is 0 Å². The van der Waals surface area contributed by atoms with Crippen LogP contribution in [0.2, 0.25) is 0 Å². The first kappa shape index (κ1) is 16.4. The maximum atomic E-state index is 11.5. The van der Waals surface area contributed by atoms with Crippen molar-refractivity contribution in [1.82, 2.24) is 15.2 Å². The van der Waals surface area contributed by atoms with Crippen LogP contribution in [0.25, 0.3) is 0 Å². The summed E-state index contributed by atoms with van der Waals surface area (Å²) in [7, 11) is 2.13. The van der Waals surface area contributed by atoms with Crippen molar-refractivity contribution in [3.05, 3.63) is 33.8 Å². The number of likely N-dealkylation sites (tertiary alicyclic amines) is 1. The molecule has 3 N–H and O–H groups in total. The third kappa shape index (κ3) is 4.78. The lowest BCUT2D eigenvalue weighted by Crippen LogP contribution is -2.31. The smallest absolute Gasteiger partial charge is 0.265 e. The van der Waals surface area contributed by atoms with Crippen LogP contribution in [0.15, 0.2) is 22.7 Å². The zero-order valence-electron chi connectivity index (χ0n) is 12.4. The van der Waals surface area contributed by atoms with Crippen LogP contribution >= 0.6 is 15.9 Å². The number of hydrogen-bond donors (Lipinski definition) is 2. The molecule has 1 amide bonds. The highest BCUT2D eigenvalue weighted by atomic mass is 79.9. The Morgan fingerprint density at radius 2 is 2.14 bits per heavy atom. The highest BCUT2D eigenvalue weighted by Gasteiger charge is 2.13. The second-order valence-electron chi connectivity index (χ2n) is 5.57. The average molecular weight is 355 g/mol. The van der Waals surface area contributed by atoms with Gasteiger partial charge in [-0.1, -0.05) is 22.0 Å². The minimum atomic E-state index is -0.273. The van der Waals surface area contributed by atoms with E-state index in [4.69, 9.17) is 5.84 Å². The third-order valence-corrected chi connectivity index (χ3v) is 4.62. The zero-order chi connectivity index (χ0) is 15.2. The van der Waals surface area contributed by atoms with Crippen LogP contribution in [-0.4, -0.2) is 48.9 Å². The van der Waals surface area contributed by atoms with E-state index in [1.54, 1.807) is 6.07 Å². The number of amides is 1. The van der Waals surface area contributed by atoms with E-state index in [0.29, 0.717) is 5.56 Å². The van der Waals surface area contributed by atoms with Gasteiger partial charge >= 0.3 is 0 Å². The van der Waals surface area contributed by atoms with Gasteiger partial charge < -0.3 is 9.80 Å². The number of likely N-dealkylation sites (N-methyl/N-ethyl adjacent to an activating group) is 1. The molecule has 0 aliphatic carbocycles. The standard InChI is InChI=1S/C15H23BrN4O/c1-19(8-9-20-6-2-3-7-20)11-13-5-4-12(10-14(13)16)15(21)18-17/h4-5,10H,2-3,6-9,11,17H2,1H3,(H,18,21). The molecule has 0 atom stereocenters. The van der Waals surface area contributed by atoms with E-state index in [1.165, 1.54) is 31.5 Å². The van der Waals surface area contributed by atoms with E-state index >= 15 is 0 Å². The van der Waals surface area contributed by atoms with Crippen LogP contribution in [0.3, 0.4) is 0 Å². The fourth-order valence-corrected chi connectivity index (χ4v) is 3.09. The number of rotatable bonds is 6. The molecule has 5 nitrogen and oxygen atoms in total. The van der Waals surface area contributed by atoms with Crippen LogP contribution in [0.4, 0.5) is 0 Å². The molecule has 1 saturated heterocycles. The van der Waals surface area contributed by atoms with Gasteiger partial charge in [-0.25, -0.2) is 5.84 Å². The van der Waals surface area contributed by atoms with E-state index in [-0.39, 0.29) is 5.91 Å². The Morgan fingerprint density at radius 1 is 1.43 bits per heavy atom. The Morgan fingerprint density at radius 3 is 2.76 bits per heavy atom. The molecule has 116 valence electrons. The Balaban J connectivity index is 1.87. The van der Waals surface area contributed by atoms with Crippen molar-refractivity contribution in [1.29, 1.82) is 0 Å². The molecular weight excluding hydrogens is 332 g/mol. The van der Waals surface area contributed by atoms with Crippen molar-refractivity contribution in [2.24, 2.45) is 5.84 Å². The average Bonchev–Trinajstić information content (AvgIpc) is 2.99. The second kappa shape index (κ2) is 7.89. The van der Waals surface area contributed by atoms with Gasteiger partial charge in [0.1, 0.15) is 0 Å². The van der Waals surface area contributed by atoms with Crippen LogP contribution < -0.4 is 11.3 Å². The number of carbonyl (C=O) groups excluding carboxylic acids is 1. The van der Waals surface area contributed by atoms with Gasteiger partial charge in [-0.3, -0.25) is 10.2 Å². The van der Waals surface area contributed by atoms with Crippen LogP contribution in [-0.2, 0) is 6.54 Å². The molecule has 0 aromatic heterocycles. The minimum absolute atomic E-state index is 0.273. The molecule has 1 aliphatic rings. The van der Waals surface area contributed by atoms with Crippen molar-refractivity contribution in [2.75, 3.05) is 33.2 Å². The Kier molecular flexibility index (Phi) is 6.17. The fourth-order valence-electron chi connectivity index (χ4n) is 2.59. The molecule has 1 aromatic rings. The summed E-state index contributed by atoms with van der Waals surface area (Å²) in [4.78, 5) is 16.3. The van der Waals surface area contributed by atoms with Crippen molar-refractivity contribution in [3.63, 3.8) is 0 Å². The van der Waals surface area contributed by atoms with Gasteiger partial charge in [0.15, 0.2) is 0 Å². The van der Waals surface area contributed by atoms with Crippen LogP contribution in [0.1, 0.15) is 28.8 Å². The van der Waals surface area contributed by atoms with Gasteiger partial charge in [-0.15, -0.1) is 0 Å². The van der Waals surface area contributed by atoms with Crippen molar-refractivity contribution in [3.8, 4) is 0 Å². The Bertz CT molecular complexity index is 489. The summed E-state index contributed by atoms with van der Waals surface area (Å²) in [6.45, 7) is 5.51. The van der Waals surface area contributed by atoms with Crippen molar-refractivity contribution >= 4 is 21.8 Å². The largest absolute Gasteiger partial charge is 0.302 e. The zero-order valence-corrected chi connectivity index (χ0v) is 14.0. The van der Waals surface area contributed by atoms with Crippen molar-refractivity contribution in [2.45, 2.75) is 19.4 Å². The first-order chi connectivity index (χ1) is 10.1. The summed E-state index contributed by atoms with van der Waals surface area (Å²) in [6, 6.07) is 5.59. The SMILES string of the molecule is CN(CCN1CCCC1)Cc1ccc(C(=O)NN)cc1Br. The third-order valence-electron chi connectivity index (χ3n) is 3.88. The van der Waals surface area contributed by atoms with Crippen LogP contribution in [0, 0.1) is 0 Å². The summed E-state index contributed by atoms with van der Waals surface area (Å²) >= 11 is 3.53. The van der Waals surface area contributed by atoms with E-state index < -0.39 is 0 Å². The summed E-state index contributed by atoms with van der Waals surface area (Å²) in [6.07, 6.45) is 2.67. The number of hydrazine groups is 1. The monoisotopic (exact) mass is 354 g/mol. The summed E-state index contributed by atoms with van der Waals surface area (Å²) in [5, 5.41) is 0. The summed E-state index contributed by atoms with van der Waals surface area (Å²) in [5.41, 5.74) is 3.88. The molecule has 0 spiro atoms. The topological polar surface area (TPSA) is 61.6 Å². The number of nitrogens with two attached hydrogens (primary N) is 1. The van der Waals surface area contributed by atoms with Crippen LogP contribution in [0.5, 0.6) is 0 Å². The lowest BCUT2D eigenvalue weighted by atomic mass is 10.1. The molecule has 0 bridgehead atoms. The number of nitrogens with one attached hydrogen (secondary N) is 1. The number of nitrogens with zero attached hydrogens (tertiary/aromatic N) is 2. The van der Waals surface area contributed by atoms with E-state index in [2.05, 4.69) is 38.2 Å². The molecular formula is C15H23BrN4O. The number of benzene rings is 1. The van der Waals surface area contributed by atoms with Gasteiger partial charge in [-0.05, 0) is 50.7 Å².